The number of nitrogens with one attached hydrogen (secondary N) is 1. The van der Waals surface area contributed by atoms with Crippen LogP contribution >= 0.6 is 0 Å². The highest BCUT2D eigenvalue weighted by molar-refractivity contribution is 5.82. The monoisotopic (exact) mass is 168 g/mol. The van der Waals surface area contributed by atoms with E-state index < -0.39 is 0 Å². The summed E-state index contributed by atoms with van der Waals surface area (Å²) in [4.78, 5) is 2.25. The van der Waals surface area contributed by atoms with E-state index in [0.29, 0.717) is 5.92 Å². The van der Waals surface area contributed by atoms with Crippen LogP contribution in [0.4, 0.5) is 0 Å². The molecule has 0 aromatic rings. The van der Waals surface area contributed by atoms with Gasteiger partial charge in [0.25, 0.3) is 0 Å². The summed E-state index contributed by atoms with van der Waals surface area (Å²) < 4.78 is 0. The molecule has 1 fully saturated rings. The van der Waals surface area contributed by atoms with Gasteiger partial charge in [0.2, 0.25) is 0 Å². The third-order valence-corrected chi connectivity index (χ3v) is 2.74. The molecule has 1 heterocycles. The molecule has 0 atom stereocenters. The van der Waals surface area contributed by atoms with E-state index in [0.717, 1.165) is 12.4 Å². The van der Waals surface area contributed by atoms with Crippen molar-refractivity contribution >= 4 is 5.84 Å². The highest BCUT2D eigenvalue weighted by Gasteiger charge is 2.33. The summed E-state index contributed by atoms with van der Waals surface area (Å²) in [6.07, 6.45) is 2.46. The lowest BCUT2D eigenvalue weighted by molar-refractivity contribution is 0.269. The van der Waals surface area contributed by atoms with Gasteiger partial charge in [-0.3, -0.25) is 5.41 Å². The Labute approximate surface area is 75.5 Å². The van der Waals surface area contributed by atoms with Crippen LogP contribution in [-0.2, 0) is 0 Å². The lowest BCUT2D eigenvalue weighted by atomic mass is 10.0. The van der Waals surface area contributed by atoms with E-state index in [2.05, 4.69) is 32.6 Å². The zero-order chi connectivity index (χ0) is 9.35. The van der Waals surface area contributed by atoms with Crippen LogP contribution in [0.15, 0.2) is 0 Å². The third-order valence-electron chi connectivity index (χ3n) is 2.74. The second-order valence-corrected chi connectivity index (χ2v) is 4.61. The van der Waals surface area contributed by atoms with Crippen LogP contribution in [0.3, 0.4) is 0 Å². The van der Waals surface area contributed by atoms with Crippen LogP contribution in [0.25, 0.3) is 0 Å². The molecule has 12 heavy (non-hydrogen) atoms. The predicted molar refractivity (Wildman–Crippen MR) is 52.6 cm³/mol. The maximum absolute atomic E-state index is 7.92. The largest absolute Gasteiger partial charge is 0.355 e. The first-order valence-corrected chi connectivity index (χ1v) is 4.81. The predicted octanol–water partition coefficient (Wildman–Crippen LogP) is 2.49. The van der Waals surface area contributed by atoms with E-state index in [9.17, 15) is 0 Å². The molecule has 0 amide bonds. The van der Waals surface area contributed by atoms with Crippen LogP contribution in [0, 0.1) is 11.3 Å². The zero-order valence-electron chi connectivity index (χ0n) is 8.65. The maximum Gasteiger partial charge on any atom is 0.0988 e. The summed E-state index contributed by atoms with van der Waals surface area (Å²) in [7, 11) is 0. The summed E-state index contributed by atoms with van der Waals surface area (Å²) in [6, 6.07) is 0. The van der Waals surface area contributed by atoms with Crippen molar-refractivity contribution in [1.29, 1.82) is 5.41 Å². The summed E-state index contributed by atoms with van der Waals surface area (Å²) in [5, 5.41) is 7.92. The highest BCUT2D eigenvalue weighted by atomic mass is 15.2. The van der Waals surface area contributed by atoms with Crippen LogP contribution in [-0.4, -0.2) is 22.8 Å². The molecular weight excluding hydrogens is 148 g/mol. The van der Waals surface area contributed by atoms with Gasteiger partial charge in [-0.2, -0.15) is 0 Å². The fourth-order valence-electron chi connectivity index (χ4n) is 1.87. The molecule has 0 unspecified atom stereocenters. The molecule has 0 spiro atoms. The minimum absolute atomic E-state index is 0.224. The van der Waals surface area contributed by atoms with Crippen molar-refractivity contribution in [1.82, 2.24) is 4.90 Å². The van der Waals surface area contributed by atoms with Crippen molar-refractivity contribution in [3.8, 4) is 0 Å². The summed E-state index contributed by atoms with van der Waals surface area (Å²) >= 11 is 0. The molecule has 0 aromatic heterocycles. The van der Waals surface area contributed by atoms with Crippen molar-refractivity contribution in [2.75, 3.05) is 6.54 Å². The summed E-state index contributed by atoms with van der Waals surface area (Å²) in [5.41, 5.74) is 0.224. The van der Waals surface area contributed by atoms with E-state index in [1.54, 1.807) is 0 Å². The van der Waals surface area contributed by atoms with Crippen molar-refractivity contribution in [2.45, 2.75) is 46.1 Å². The van der Waals surface area contributed by atoms with Crippen molar-refractivity contribution < 1.29 is 0 Å². The number of hydrogen-bond donors (Lipinski definition) is 1. The van der Waals surface area contributed by atoms with Gasteiger partial charge in [-0.15, -0.1) is 0 Å². The molecule has 2 heteroatoms. The van der Waals surface area contributed by atoms with Crippen LogP contribution in [0.5, 0.6) is 0 Å². The summed E-state index contributed by atoms with van der Waals surface area (Å²) in [5.74, 6) is 1.17. The Balaban J connectivity index is 2.69. The molecule has 0 aliphatic carbocycles. The van der Waals surface area contributed by atoms with Gasteiger partial charge in [0.1, 0.15) is 0 Å². The molecule has 1 aliphatic heterocycles. The molecule has 0 aromatic carbocycles. The quantitative estimate of drug-likeness (QED) is 0.472. The highest BCUT2D eigenvalue weighted by Crippen LogP contribution is 2.29. The van der Waals surface area contributed by atoms with Gasteiger partial charge in [0.05, 0.1) is 5.84 Å². The van der Waals surface area contributed by atoms with E-state index >= 15 is 0 Å². The smallest absolute Gasteiger partial charge is 0.0988 e. The van der Waals surface area contributed by atoms with E-state index in [-0.39, 0.29) is 5.54 Å². The lowest BCUT2D eigenvalue weighted by Gasteiger charge is -2.35. The standard InChI is InChI=1S/C10H20N2/c1-8(2)9(11)12-7-5-6-10(12,3)4/h8,11H,5-7H2,1-4H3. The van der Waals surface area contributed by atoms with E-state index in [1.165, 1.54) is 12.8 Å². The Kier molecular flexibility index (Phi) is 2.45. The molecule has 2 nitrogen and oxygen atoms in total. The number of hydrogen-bond acceptors (Lipinski definition) is 1. The second-order valence-electron chi connectivity index (χ2n) is 4.61. The third kappa shape index (κ3) is 1.62. The molecule has 1 saturated heterocycles. The SMILES string of the molecule is CC(C)C(=N)N1CCCC1(C)C. The van der Waals surface area contributed by atoms with Crippen LogP contribution < -0.4 is 0 Å². The molecule has 0 radical (unpaired) electrons. The average Bonchev–Trinajstić information content (AvgIpc) is 2.27. The van der Waals surface area contributed by atoms with Gasteiger partial charge in [-0.25, -0.2) is 0 Å². The first-order chi connectivity index (χ1) is 5.45. The number of rotatable bonds is 1. The normalized spacial score (nSPS) is 21.9. The molecule has 70 valence electrons. The van der Waals surface area contributed by atoms with Crippen LogP contribution in [0.1, 0.15) is 40.5 Å². The first kappa shape index (κ1) is 9.56. The number of amidine groups is 1. The van der Waals surface area contributed by atoms with Crippen molar-refractivity contribution in [3.05, 3.63) is 0 Å². The van der Waals surface area contributed by atoms with Crippen molar-refractivity contribution in [3.63, 3.8) is 0 Å². The zero-order valence-corrected chi connectivity index (χ0v) is 8.65. The molecule has 0 bridgehead atoms. The molecule has 1 N–H and O–H groups in total. The summed E-state index contributed by atoms with van der Waals surface area (Å²) in [6.45, 7) is 9.73. The lowest BCUT2D eigenvalue weighted by Crippen LogP contribution is -2.44. The molecule has 0 saturated carbocycles. The Bertz CT molecular complexity index is 182. The maximum atomic E-state index is 7.92. The Morgan fingerprint density at radius 3 is 2.33 bits per heavy atom. The number of nitrogens with zero attached hydrogens (tertiary/aromatic N) is 1. The van der Waals surface area contributed by atoms with Gasteiger partial charge in [0.15, 0.2) is 0 Å². The van der Waals surface area contributed by atoms with Gasteiger partial charge in [-0.1, -0.05) is 13.8 Å². The number of likely N-dealkylation sites (tertiary alicyclic amines) is 1. The topological polar surface area (TPSA) is 27.1 Å². The van der Waals surface area contributed by atoms with Gasteiger partial charge in [0, 0.05) is 18.0 Å². The Hall–Kier alpha value is -0.530. The van der Waals surface area contributed by atoms with Crippen LogP contribution in [0.2, 0.25) is 0 Å². The van der Waals surface area contributed by atoms with Gasteiger partial charge < -0.3 is 4.90 Å². The Morgan fingerprint density at radius 2 is 2.00 bits per heavy atom. The average molecular weight is 168 g/mol. The first-order valence-electron chi connectivity index (χ1n) is 4.81. The molecule has 1 aliphatic rings. The molecule has 1 rings (SSSR count). The minimum atomic E-state index is 0.224. The fourth-order valence-corrected chi connectivity index (χ4v) is 1.87. The second kappa shape index (κ2) is 3.08. The Morgan fingerprint density at radius 1 is 1.42 bits per heavy atom. The minimum Gasteiger partial charge on any atom is -0.355 e. The fraction of sp³-hybridized carbons (Fsp3) is 0.900. The van der Waals surface area contributed by atoms with Gasteiger partial charge >= 0.3 is 0 Å². The molecular formula is C10H20N2. The van der Waals surface area contributed by atoms with Crippen molar-refractivity contribution in [2.24, 2.45) is 5.92 Å². The van der Waals surface area contributed by atoms with E-state index in [1.807, 2.05) is 0 Å². The van der Waals surface area contributed by atoms with E-state index in [4.69, 9.17) is 5.41 Å². The van der Waals surface area contributed by atoms with Gasteiger partial charge in [-0.05, 0) is 26.7 Å².